The van der Waals surface area contributed by atoms with Gasteiger partial charge in [0.2, 0.25) is 0 Å². The number of hydrogen-bond donors (Lipinski definition) is 1. The van der Waals surface area contributed by atoms with E-state index in [1.807, 2.05) is 24.3 Å². The monoisotopic (exact) mass is 260 g/mol. The van der Waals surface area contributed by atoms with E-state index in [-0.39, 0.29) is 0 Å². The minimum atomic E-state index is 0.670. The normalized spacial score (nSPS) is 10.8. The summed E-state index contributed by atoms with van der Waals surface area (Å²) >= 11 is 0. The van der Waals surface area contributed by atoms with Crippen LogP contribution < -0.4 is 10.6 Å². The van der Waals surface area contributed by atoms with E-state index in [1.54, 1.807) is 13.4 Å². The number of hydrogen-bond acceptors (Lipinski definition) is 5. The van der Waals surface area contributed by atoms with Gasteiger partial charge in [-0.15, -0.1) is 0 Å². The van der Waals surface area contributed by atoms with Crippen LogP contribution in [0.1, 0.15) is 6.42 Å². The largest absolute Gasteiger partial charge is 0.383 e. The molecule has 1 aromatic carbocycles. The van der Waals surface area contributed by atoms with Crippen LogP contribution in [0.15, 0.2) is 30.6 Å². The fourth-order valence-corrected chi connectivity index (χ4v) is 2.05. The van der Waals surface area contributed by atoms with Gasteiger partial charge in [-0.25, -0.2) is 9.97 Å². The van der Waals surface area contributed by atoms with Crippen LogP contribution in [0.3, 0.4) is 0 Å². The summed E-state index contributed by atoms with van der Waals surface area (Å²) in [5.74, 6) is 0.955. The van der Waals surface area contributed by atoms with Gasteiger partial charge >= 0.3 is 0 Å². The number of para-hydroxylation sites is 1. The molecule has 0 aliphatic heterocycles. The van der Waals surface area contributed by atoms with E-state index < -0.39 is 0 Å². The second-order valence-electron chi connectivity index (χ2n) is 4.34. The van der Waals surface area contributed by atoms with Crippen LogP contribution in [0.4, 0.5) is 5.82 Å². The molecule has 0 atom stereocenters. The van der Waals surface area contributed by atoms with Crippen molar-refractivity contribution in [3.8, 4) is 0 Å². The maximum atomic E-state index is 5.61. The van der Waals surface area contributed by atoms with E-state index >= 15 is 0 Å². The third-order valence-electron chi connectivity index (χ3n) is 3.02. The van der Waals surface area contributed by atoms with E-state index in [2.05, 4.69) is 14.9 Å². The van der Waals surface area contributed by atoms with Gasteiger partial charge < -0.3 is 15.4 Å². The number of methoxy groups -OCH3 is 1. The van der Waals surface area contributed by atoms with Gasteiger partial charge in [-0.2, -0.15) is 0 Å². The number of fused-ring (bicyclic) bond motifs is 1. The lowest BCUT2D eigenvalue weighted by Crippen LogP contribution is -2.30. The molecule has 0 fully saturated rings. The maximum absolute atomic E-state index is 5.61. The van der Waals surface area contributed by atoms with Crippen LogP contribution in [-0.4, -0.2) is 43.3 Å². The predicted molar refractivity (Wildman–Crippen MR) is 77.3 cm³/mol. The Labute approximate surface area is 113 Å². The lowest BCUT2D eigenvalue weighted by Gasteiger charge is -2.24. The molecule has 0 amide bonds. The molecular formula is C14H20N4O. The highest BCUT2D eigenvalue weighted by molar-refractivity contribution is 5.89. The molecule has 5 heteroatoms. The lowest BCUT2D eigenvalue weighted by molar-refractivity contribution is 0.205. The summed E-state index contributed by atoms with van der Waals surface area (Å²) < 4.78 is 5.17. The number of aromatic nitrogens is 2. The average Bonchev–Trinajstić information content (AvgIpc) is 2.47. The fraction of sp³-hybridized carbons (Fsp3) is 0.429. The summed E-state index contributed by atoms with van der Waals surface area (Å²) in [6.45, 7) is 3.02. The molecule has 19 heavy (non-hydrogen) atoms. The van der Waals surface area contributed by atoms with Gasteiger partial charge in [-0.05, 0) is 25.1 Å². The van der Waals surface area contributed by atoms with Gasteiger partial charge in [0.05, 0.1) is 12.1 Å². The molecule has 0 spiro atoms. The van der Waals surface area contributed by atoms with Crippen molar-refractivity contribution in [3.63, 3.8) is 0 Å². The first kappa shape index (κ1) is 13.7. The van der Waals surface area contributed by atoms with Crippen molar-refractivity contribution >= 4 is 16.7 Å². The first-order chi connectivity index (χ1) is 9.36. The second kappa shape index (κ2) is 7.01. The Balaban J connectivity index is 2.31. The van der Waals surface area contributed by atoms with E-state index in [9.17, 15) is 0 Å². The first-order valence-corrected chi connectivity index (χ1v) is 6.50. The van der Waals surface area contributed by atoms with Crippen LogP contribution in [0, 0.1) is 0 Å². The molecule has 2 aromatic rings. The minimum Gasteiger partial charge on any atom is -0.383 e. The Morgan fingerprint density at radius 1 is 1.21 bits per heavy atom. The molecule has 2 N–H and O–H groups in total. The van der Waals surface area contributed by atoms with Crippen molar-refractivity contribution in [2.24, 2.45) is 5.73 Å². The van der Waals surface area contributed by atoms with Crippen LogP contribution >= 0.6 is 0 Å². The van der Waals surface area contributed by atoms with Crippen molar-refractivity contribution in [3.05, 3.63) is 30.6 Å². The average molecular weight is 260 g/mol. The third-order valence-corrected chi connectivity index (χ3v) is 3.02. The Morgan fingerprint density at radius 3 is 2.84 bits per heavy atom. The predicted octanol–water partition coefficient (Wildman–Crippen LogP) is 1.43. The van der Waals surface area contributed by atoms with E-state index in [0.717, 1.165) is 36.2 Å². The number of nitrogens with zero attached hydrogens (tertiary/aromatic N) is 3. The highest BCUT2D eigenvalue weighted by atomic mass is 16.5. The van der Waals surface area contributed by atoms with E-state index in [0.29, 0.717) is 13.2 Å². The molecule has 102 valence electrons. The topological polar surface area (TPSA) is 64.3 Å². The Bertz CT molecular complexity index is 504. The molecule has 1 aromatic heterocycles. The van der Waals surface area contributed by atoms with Crippen molar-refractivity contribution in [2.45, 2.75) is 6.42 Å². The molecule has 0 radical (unpaired) electrons. The van der Waals surface area contributed by atoms with Crippen LogP contribution in [0.25, 0.3) is 10.9 Å². The zero-order chi connectivity index (χ0) is 13.5. The van der Waals surface area contributed by atoms with Gasteiger partial charge in [0.15, 0.2) is 0 Å². The van der Waals surface area contributed by atoms with Gasteiger partial charge in [0.1, 0.15) is 12.1 Å². The number of anilines is 1. The van der Waals surface area contributed by atoms with Crippen molar-refractivity contribution in [1.82, 2.24) is 9.97 Å². The molecule has 0 saturated carbocycles. The number of rotatable bonds is 7. The standard InChI is InChI=1S/C14H20N4O/c1-19-10-9-18(8-4-7-15)14-12-5-2-3-6-13(12)16-11-17-14/h2-3,5-6,11H,4,7-10,15H2,1H3. The number of ether oxygens (including phenoxy) is 1. The lowest BCUT2D eigenvalue weighted by atomic mass is 10.2. The zero-order valence-corrected chi connectivity index (χ0v) is 11.2. The highest BCUT2D eigenvalue weighted by Gasteiger charge is 2.11. The molecule has 2 rings (SSSR count). The Hall–Kier alpha value is -1.72. The molecule has 0 bridgehead atoms. The van der Waals surface area contributed by atoms with Crippen LogP contribution in [0.5, 0.6) is 0 Å². The molecule has 0 aliphatic carbocycles. The van der Waals surface area contributed by atoms with Gasteiger partial charge in [0, 0.05) is 25.6 Å². The molecule has 0 saturated heterocycles. The second-order valence-corrected chi connectivity index (χ2v) is 4.34. The van der Waals surface area contributed by atoms with Crippen molar-refractivity contribution in [2.75, 3.05) is 38.3 Å². The quantitative estimate of drug-likeness (QED) is 0.816. The zero-order valence-electron chi connectivity index (χ0n) is 11.2. The number of nitrogens with two attached hydrogens (primary N) is 1. The molecule has 5 nitrogen and oxygen atoms in total. The summed E-state index contributed by atoms with van der Waals surface area (Å²) in [6.07, 6.45) is 2.54. The summed E-state index contributed by atoms with van der Waals surface area (Å²) in [6, 6.07) is 8.04. The van der Waals surface area contributed by atoms with Gasteiger partial charge in [0.25, 0.3) is 0 Å². The van der Waals surface area contributed by atoms with Gasteiger partial charge in [-0.3, -0.25) is 0 Å². The SMILES string of the molecule is COCCN(CCCN)c1ncnc2ccccc12. The molecular weight excluding hydrogens is 240 g/mol. The van der Waals surface area contributed by atoms with Crippen molar-refractivity contribution in [1.29, 1.82) is 0 Å². The summed E-state index contributed by atoms with van der Waals surface area (Å²) in [5.41, 5.74) is 6.57. The summed E-state index contributed by atoms with van der Waals surface area (Å²) in [7, 11) is 1.71. The van der Waals surface area contributed by atoms with E-state index in [1.165, 1.54) is 0 Å². The van der Waals surface area contributed by atoms with Crippen LogP contribution in [-0.2, 0) is 4.74 Å². The first-order valence-electron chi connectivity index (χ1n) is 6.50. The molecule has 1 heterocycles. The van der Waals surface area contributed by atoms with Gasteiger partial charge in [-0.1, -0.05) is 12.1 Å². The maximum Gasteiger partial charge on any atom is 0.139 e. The fourth-order valence-electron chi connectivity index (χ4n) is 2.05. The summed E-state index contributed by atoms with van der Waals surface area (Å²) in [5, 5.41) is 1.07. The smallest absolute Gasteiger partial charge is 0.139 e. The van der Waals surface area contributed by atoms with Crippen LogP contribution in [0.2, 0.25) is 0 Å². The highest BCUT2D eigenvalue weighted by Crippen LogP contribution is 2.22. The van der Waals surface area contributed by atoms with E-state index in [4.69, 9.17) is 10.5 Å². The molecule has 0 unspecified atom stereocenters. The number of benzene rings is 1. The van der Waals surface area contributed by atoms with Crippen molar-refractivity contribution < 1.29 is 4.74 Å². The molecule has 0 aliphatic rings. The minimum absolute atomic E-state index is 0.670. The Morgan fingerprint density at radius 2 is 2.05 bits per heavy atom. The Kier molecular flexibility index (Phi) is 5.06. The third kappa shape index (κ3) is 3.39. The summed E-state index contributed by atoms with van der Waals surface area (Å²) in [4.78, 5) is 10.9.